The van der Waals surface area contributed by atoms with Crippen LogP contribution in [0.25, 0.3) is 0 Å². The zero-order valence-electron chi connectivity index (χ0n) is 10.8. The summed E-state index contributed by atoms with van der Waals surface area (Å²) in [6.45, 7) is 2.97. The first-order valence-corrected chi connectivity index (χ1v) is 6.48. The van der Waals surface area contributed by atoms with Crippen molar-refractivity contribution in [2.24, 2.45) is 5.92 Å². The van der Waals surface area contributed by atoms with E-state index in [1.165, 1.54) is 0 Å². The number of rotatable bonds is 1. The molecular formula is C12H17N5O2. The molecule has 2 saturated heterocycles. The zero-order chi connectivity index (χ0) is 13.6. The van der Waals surface area contributed by atoms with E-state index in [0.29, 0.717) is 24.3 Å². The van der Waals surface area contributed by atoms with Gasteiger partial charge in [-0.3, -0.25) is 14.7 Å². The van der Waals surface area contributed by atoms with Gasteiger partial charge in [-0.15, -0.1) is 0 Å². The minimum absolute atomic E-state index is 0.0533. The molecule has 2 atom stereocenters. The van der Waals surface area contributed by atoms with Gasteiger partial charge in [0.15, 0.2) is 5.82 Å². The Bertz CT molecular complexity index is 519. The van der Waals surface area contributed by atoms with Crippen molar-refractivity contribution in [1.82, 2.24) is 20.4 Å². The van der Waals surface area contributed by atoms with Gasteiger partial charge in [0.05, 0.1) is 12.0 Å². The first kappa shape index (κ1) is 12.0. The molecule has 0 bridgehead atoms. The Morgan fingerprint density at radius 1 is 1.53 bits per heavy atom. The van der Waals surface area contributed by atoms with E-state index >= 15 is 0 Å². The minimum atomic E-state index is -0.130. The molecule has 1 aromatic heterocycles. The maximum absolute atomic E-state index is 12.6. The fourth-order valence-corrected chi connectivity index (χ4v) is 3.07. The SMILES string of the molecule is Cc1[nH]nc(N)c1C(=O)N1CCCC2C(=O)NCC21. The number of hydrogen-bond donors (Lipinski definition) is 3. The van der Waals surface area contributed by atoms with Crippen molar-refractivity contribution in [3.8, 4) is 0 Å². The molecule has 19 heavy (non-hydrogen) atoms. The molecule has 0 aliphatic carbocycles. The summed E-state index contributed by atoms with van der Waals surface area (Å²) in [5.74, 6) is 0.0716. The van der Waals surface area contributed by atoms with Crippen molar-refractivity contribution >= 4 is 17.6 Å². The number of aromatic amines is 1. The Kier molecular flexibility index (Phi) is 2.69. The fourth-order valence-electron chi connectivity index (χ4n) is 3.07. The van der Waals surface area contributed by atoms with Crippen LogP contribution in [-0.2, 0) is 4.79 Å². The van der Waals surface area contributed by atoms with Gasteiger partial charge in [0, 0.05) is 18.8 Å². The van der Waals surface area contributed by atoms with Crippen molar-refractivity contribution in [1.29, 1.82) is 0 Å². The van der Waals surface area contributed by atoms with Crippen LogP contribution in [0.4, 0.5) is 5.82 Å². The number of nitrogens with two attached hydrogens (primary N) is 1. The summed E-state index contributed by atoms with van der Waals surface area (Å²) >= 11 is 0. The smallest absolute Gasteiger partial charge is 0.259 e. The molecule has 2 aliphatic rings. The Balaban J connectivity index is 1.89. The summed E-state index contributed by atoms with van der Waals surface area (Å²) in [6.07, 6.45) is 1.69. The van der Waals surface area contributed by atoms with Crippen LogP contribution in [0.15, 0.2) is 0 Å². The summed E-state index contributed by atoms with van der Waals surface area (Å²) in [5.41, 5.74) is 6.84. The second-order valence-electron chi connectivity index (χ2n) is 5.17. The standard InChI is InChI=1S/C12H17N5O2/c1-6-9(10(13)16-15-6)12(19)17-4-2-3-7-8(17)5-14-11(7)18/h7-8H,2-5H2,1H3,(H,14,18)(H3,13,15,16). The number of hydrogen-bond acceptors (Lipinski definition) is 4. The average Bonchev–Trinajstić information content (AvgIpc) is 2.93. The topological polar surface area (TPSA) is 104 Å². The molecule has 3 heterocycles. The van der Waals surface area contributed by atoms with E-state index in [1.807, 2.05) is 0 Å². The number of nitrogen functional groups attached to an aromatic ring is 1. The summed E-state index contributed by atoms with van der Waals surface area (Å²) in [4.78, 5) is 26.1. The van der Waals surface area contributed by atoms with Crippen LogP contribution in [0.5, 0.6) is 0 Å². The summed E-state index contributed by atoms with van der Waals surface area (Å²) in [5, 5.41) is 9.41. The Labute approximate surface area is 110 Å². The van der Waals surface area contributed by atoms with Crippen molar-refractivity contribution in [3.63, 3.8) is 0 Å². The highest BCUT2D eigenvalue weighted by Crippen LogP contribution is 2.29. The normalized spacial score (nSPS) is 26.2. The van der Waals surface area contributed by atoms with Gasteiger partial charge in [0.2, 0.25) is 5.91 Å². The van der Waals surface area contributed by atoms with Gasteiger partial charge in [-0.2, -0.15) is 5.10 Å². The van der Waals surface area contributed by atoms with Crippen molar-refractivity contribution < 1.29 is 9.59 Å². The largest absolute Gasteiger partial charge is 0.382 e. The quantitative estimate of drug-likeness (QED) is 0.644. The van der Waals surface area contributed by atoms with Gasteiger partial charge in [0.25, 0.3) is 5.91 Å². The van der Waals surface area contributed by atoms with Crippen molar-refractivity contribution in [3.05, 3.63) is 11.3 Å². The van der Waals surface area contributed by atoms with E-state index in [4.69, 9.17) is 5.73 Å². The Hall–Kier alpha value is -2.05. The number of aromatic nitrogens is 2. The monoisotopic (exact) mass is 263 g/mol. The molecule has 102 valence electrons. The number of nitrogens with zero attached hydrogens (tertiary/aromatic N) is 2. The third-order valence-corrected chi connectivity index (χ3v) is 4.05. The van der Waals surface area contributed by atoms with Crippen LogP contribution >= 0.6 is 0 Å². The number of piperidine rings is 1. The molecule has 0 saturated carbocycles. The van der Waals surface area contributed by atoms with Gasteiger partial charge in [-0.1, -0.05) is 0 Å². The van der Waals surface area contributed by atoms with Crippen molar-refractivity contribution in [2.45, 2.75) is 25.8 Å². The number of nitrogens with one attached hydrogen (secondary N) is 2. The number of carbonyl (C=O) groups excluding carboxylic acids is 2. The second kappa shape index (κ2) is 4.25. The van der Waals surface area contributed by atoms with Crippen molar-refractivity contribution in [2.75, 3.05) is 18.8 Å². The summed E-state index contributed by atoms with van der Waals surface area (Å²) in [7, 11) is 0. The van der Waals surface area contributed by atoms with Crippen LogP contribution in [-0.4, -0.2) is 46.0 Å². The number of anilines is 1. The van der Waals surface area contributed by atoms with E-state index < -0.39 is 0 Å². The van der Waals surface area contributed by atoms with Gasteiger partial charge in [0.1, 0.15) is 5.56 Å². The molecule has 3 rings (SSSR count). The summed E-state index contributed by atoms with van der Waals surface area (Å²) < 4.78 is 0. The lowest BCUT2D eigenvalue weighted by molar-refractivity contribution is -0.123. The number of likely N-dealkylation sites (tertiary alicyclic amines) is 1. The molecular weight excluding hydrogens is 246 g/mol. The zero-order valence-corrected chi connectivity index (χ0v) is 10.8. The van der Waals surface area contributed by atoms with E-state index in [0.717, 1.165) is 12.8 Å². The Morgan fingerprint density at radius 2 is 2.32 bits per heavy atom. The molecule has 2 aliphatic heterocycles. The average molecular weight is 263 g/mol. The lowest BCUT2D eigenvalue weighted by Gasteiger charge is -2.35. The molecule has 2 fully saturated rings. The first-order chi connectivity index (χ1) is 9.09. The molecule has 1 aromatic rings. The highest BCUT2D eigenvalue weighted by Gasteiger charge is 2.43. The van der Waals surface area contributed by atoms with Crippen LogP contribution in [0.3, 0.4) is 0 Å². The molecule has 7 nitrogen and oxygen atoms in total. The third-order valence-electron chi connectivity index (χ3n) is 4.05. The predicted octanol–water partition coefficient (Wildman–Crippen LogP) is -0.349. The molecule has 7 heteroatoms. The lowest BCUT2D eigenvalue weighted by Crippen LogP contribution is -2.48. The van der Waals surface area contributed by atoms with E-state index in [1.54, 1.807) is 11.8 Å². The van der Waals surface area contributed by atoms with Gasteiger partial charge < -0.3 is 16.0 Å². The van der Waals surface area contributed by atoms with E-state index in [-0.39, 0.29) is 29.6 Å². The van der Waals surface area contributed by atoms with Crippen LogP contribution < -0.4 is 11.1 Å². The van der Waals surface area contributed by atoms with Crippen LogP contribution in [0.2, 0.25) is 0 Å². The van der Waals surface area contributed by atoms with E-state index in [2.05, 4.69) is 15.5 Å². The molecule has 2 amide bonds. The number of aryl methyl sites for hydroxylation is 1. The third kappa shape index (κ3) is 1.76. The highest BCUT2D eigenvalue weighted by atomic mass is 16.2. The number of carbonyl (C=O) groups is 2. The fraction of sp³-hybridized carbons (Fsp3) is 0.583. The molecule has 4 N–H and O–H groups in total. The molecule has 0 radical (unpaired) electrons. The second-order valence-corrected chi connectivity index (χ2v) is 5.17. The van der Waals surface area contributed by atoms with Gasteiger partial charge >= 0.3 is 0 Å². The summed E-state index contributed by atoms with van der Waals surface area (Å²) in [6, 6.07) is -0.0533. The molecule has 2 unspecified atom stereocenters. The van der Waals surface area contributed by atoms with Gasteiger partial charge in [-0.05, 0) is 19.8 Å². The minimum Gasteiger partial charge on any atom is -0.382 e. The van der Waals surface area contributed by atoms with Crippen LogP contribution in [0, 0.1) is 12.8 Å². The Morgan fingerprint density at radius 3 is 3.00 bits per heavy atom. The molecule has 0 spiro atoms. The van der Waals surface area contributed by atoms with Crippen LogP contribution in [0.1, 0.15) is 28.9 Å². The maximum atomic E-state index is 12.6. The lowest BCUT2D eigenvalue weighted by atomic mass is 9.91. The number of H-pyrrole nitrogens is 1. The highest BCUT2D eigenvalue weighted by molar-refractivity contribution is 6.00. The number of fused-ring (bicyclic) bond motifs is 1. The molecule has 0 aromatic carbocycles. The first-order valence-electron chi connectivity index (χ1n) is 6.48. The van der Waals surface area contributed by atoms with Gasteiger partial charge in [-0.25, -0.2) is 0 Å². The van der Waals surface area contributed by atoms with E-state index in [9.17, 15) is 9.59 Å². The predicted molar refractivity (Wildman–Crippen MR) is 68.3 cm³/mol. The number of amides is 2. The maximum Gasteiger partial charge on any atom is 0.259 e.